The number of nitriles is 2. The van der Waals surface area contributed by atoms with Crippen LogP contribution in [0.5, 0.6) is 0 Å². The molecule has 2 aromatic rings. The molecule has 0 saturated carbocycles. The summed E-state index contributed by atoms with van der Waals surface area (Å²) in [5.41, 5.74) is 4.00. The van der Waals surface area contributed by atoms with Gasteiger partial charge in [-0.05, 0) is 36.8 Å². The maximum atomic E-state index is 9.00. The zero-order chi connectivity index (χ0) is 14.7. The summed E-state index contributed by atoms with van der Waals surface area (Å²) in [6.07, 6.45) is 0. The third-order valence-electron chi connectivity index (χ3n) is 3.32. The van der Waals surface area contributed by atoms with Crippen molar-refractivity contribution in [1.82, 2.24) is 4.57 Å². The van der Waals surface area contributed by atoms with Gasteiger partial charge >= 0.3 is 0 Å². The Morgan fingerprint density at radius 1 is 1.25 bits per heavy atom. The second-order valence-corrected chi connectivity index (χ2v) is 4.88. The second-order valence-electron chi connectivity index (χ2n) is 4.47. The van der Waals surface area contributed by atoms with Crippen molar-refractivity contribution in [2.24, 2.45) is 7.05 Å². The molecule has 0 aliphatic heterocycles. The molecule has 1 heterocycles. The highest BCUT2D eigenvalue weighted by Crippen LogP contribution is 2.21. The first kappa shape index (κ1) is 14.0. The average molecular weight is 285 g/mol. The first-order valence-electron chi connectivity index (χ1n) is 6.05. The number of aromatic nitrogens is 1. The van der Waals surface area contributed by atoms with Crippen molar-refractivity contribution in [3.8, 4) is 12.1 Å². The number of nitrogens with zero attached hydrogens (tertiary/aromatic N) is 3. The smallest absolute Gasteiger partial charge is 0.120 e. The van der Waals surface area contributed by atoms with Gasteiger partial charge in [-0.15, -0.1) is 0 Å². The van der Waals surface area contributed by atoms with Crippen molar-refractivity contribution in [2.45, 2.75) is 13.5 Å². The molecule has 0 spiro atoms. The third-order valence-corrected chi connectivity index (χ3v) is 3.65. The van der Waals surface area contributed by atoms with Crippen molar-refractivity contribution in [3.63, 3.8) is 0 Å². The minimum atomic E-state index is 0.444. The monoisotopic (exact) mass is 284 g/mol. The van der Waals surface area contributed by atoms with Crippen LogP contribution in [0.25, 0.3) is 0 Å². The fourth-order valence-corrected chi connectivity index (χ4v) is 2.13. The summed E-state index contributed by atoms with van der Waals surface area (Å²) in [4.78, 5) is 0. The Morgan fingerprint density at radius 2 is 2.00 bits per heavy atom. The van der Waals surface area contributed by atoms with E-state index in [1.807, 2.05) is 36.7 Å². The van der Waals surface area contributed by atoms with Crippen LogP contribution in [-0.4, -0.2) is 4.57 Å². The molecule has 0 radical (unpaired) electrons. The first-order valence-corrected chi connectivity index (χ1v) is 6.43. The quantitative estimate of drug-likeness (QED) is 0.940. The number of anilines is 1. The summed E-state index contributed by atoms with van der Waals surface area (Å²) in [7, 11) is 1.87. The van der Waals surface area contributed by atoms with Gasteiger partial charge in [0.15, 0.2) is 0 Å². The van der Waals surface area contributed by atoms with Crippen LogP contribution in [0.1, 0.15) is 22.5 Å². The van der Waals surface area contributed by atoms with Gasteiger partial charge in [-0.2, -0.15) is 10.5 Å². The fourth-order valence-electron chi connectivity index (χ4n) is 1.97. The highest BCUT2D eigenvalue weighted by Gasteiger charge is 2.08. The highest BCUT2D eigenvalue weighted by atomic mass is 35.5. The van der Waals surface area contributed by atoms with Gasteiger partial charge in [0.1, 0.15) is 17.8 Å². The summed E-state index contributed by atoms with van der Waals surface area (Å²) in [5, 5.41) is 21.6. The minimum Gasteiger partial charge on any atom is -0.381 e. The van der Waals surface area contributed by atoms with Crippen LogP contribution < -0.4 is 5.32 Å². The van der Waals surface area contributed by atoms with Gasteiger partial charge in [0, 0.05) is 25.0 Å². The maximum absolute atomic E-state index is 9.00. The predicted molar refractivity (Wildman–Crippen MR) is 78.4 cm³/mol. The molecular formula is C15H13ClN4. The molecule has 0 bridgehead atoms. The summed E-state index contributed by atoms with van der Waals surface area (Å²) in [5.74, 6) is 0. The lowest BCUT2D eigenvalue weighted by Gasteiger charge is -2.07. The van der Waals surface area contributed by atoms with Crippen LogP contribution in [0.15, 0.2) is 24.3 Å². The van der Waals surface area contributed by atoms with Crippen LogP contribution in [0.2, 0.25) is 5.02 Å². The summed E-state index contributed by atoms with van der Waals surface area (Å²) < 4.78 is 1.86. The lowest BCUT2D eigenvalue weighted by molar-refractivity contribution is 0.856. The van der Waals surface area contributed by atoms with E-state index in [9.17, 15) is 0 Å². The Balaban J connectivity index is 2.18. The predicted octanol–water partition coefficient (Wildman–Crippen LogP) is 3.34. The van der Waals surface area contributed by atoms with Crippen molar-refractivity contribution < 1.29 is 0 Å². The van der Waals surface area contributed by atoms with E-state index in [1.165, 1.54) is 0 Å². The summed E-state index contributed by atoms with van der Waals surface area (Å²) in [6, 6.07) is 11.3. The molecule has 1 aromatic carbocycles. The van der Waals surface area contributed by atoms with Crippen LogP contribution in [-0.2, 0) is 13.6 Å². The molecule has 100 valence electrons. The molecule has 0 unspecified atom stereocenters. The van der Waals surface area contributed by atoms with Crippen molar-refractivity contribution in [1.29, 1.82) is 10.5 Å². The lowest BCUT2D eigenvalue weighted by atomic mass is 10.2. The highest BCUT2D eigenvalue weighted by molar-refractivity contribution is 6.31. The Labute approximate surface area is 122 Å². The molecule has 2 rings (SSSR count). The van der Waals surface area contributed by atoms with E-state index in [1.54, 1.807) is 12.1 Å². The van der Waals surface area contributed by atoms with Gasteiger partial charge in [-0.25, -0.2) is 0 Å². The van der Waals surface area contributed by atoms with E-state index in [0.717, 1.165) is 16.9 Å². The second kappa shape index (κ2) is 5.69. The number of halogens is 1. The number of rotatable bonds is 3. The molecule has 0 aliphatic carbocycles. The van der Waals surface area contributed by atoms with Crippen molar-refractivity contribution in [3.05, 3.63) is 51.8 Å². The Bertz CT molecular complexity index is 732. The number of hydrogen-bond acceptors (Lipinski definition) is 3. The minimum absolute atomic E-state index is 0.444. The molecular weight excluding hydrogens is 272 g/mol. The molecule has 0 amide bonds. The normalized spacial score (nSPS) is 9.85. The molecule has 0 saturated heterocycles. The van der Waals surface area contributed by atoms with Crippen LogP contribution >= 0.6 is 11.6 Å². The van der Waals surface area contributed by atoms with Gasteiger partial charge in [-0.1, -0.05) is 11.6 Å². The molecule has 0 atom stereocenters. The summed E-state index contributed by atoms with van der Waals surface area (Å²) >= 11 is 5.89. The average Bonchev–Trinajstić information content (AvgIpc) is 2.74. The first-order chi connectivity index (χ1) is 9.56. The van der Waals surface area contributed by atoms with E-state index in [0.29, 0.717) is 22.8 Å². The summed E-state index contributed by atoms with van der Waals surface area (Å²) in [6.45, 7) is 2.56. The molecule has 1 N–H and O–H groups in total. The SMILES string of the molecule is Cc1c(CNc2ccc(Cl)c(C#N)c2)cc(C#N)n1C. The topological polar surface area (TPSA) is 64.5 Å². The zero-order valence-electron chi connectivity index (χ0n) is 11.2. The van der Waals surface area contributed by atoms with E-state index in [-0.39, 0.29) is 0 Å². The third kappa shape index (κ3) is 2.61. The van der Waals surface area contributed by atoms with Crippen molar-refractivity contribution >= 4 is 17.3 Å². The van der Waals surface area contributed by atoms with Gasteiger partial charge in [0.05, 0.1) is 10.6 Å². The van der Waals surface area contributed by atoms with Crippen molar-refractivity contribution in [2.75, 3.05) is 5.32 Å². The lowest BCUT2D eigenvalue weighted by Crippen LogP contribution is -2.01. The standard InChI is InChI=1S/C15H13ClN4/c1-10-12(6-14(8-18)20(10)2)9-19-13-3-4-15(16)11(5-13)7-17/h3-6,19H,9H2,1-2H3. The largest absolute Gasteiger partial charge is 0.381 e. The van der Waals surface area contributed by atoms with Gasteiger partial charge in [0.2, 0.25) is 0 Å². The molecule has 0 fully saturated rings. The number of nitrogens with one attached hydrogen (secondary N) is 1. The van der Waals surface area contributed by atoms with E-state index >= 15 is 0 Å². The van der Waals surface area contributed by atoms with Crippen LogP contribution in [0, 0.1) is 29.6 Å². The van der Waals surface area contributed by atoms with Crippen LogP contribution in [0.3, 0.4) is 0 Å². The van der Waals surface area contributed by atoms with Gasteiger partial charge in [0.25, 0.3) is 0 Å². The van der Waals surface area contributed by atoms with E-state index in [4.69, 9.17) is 22.1 Å². The Hall–Kier alpha value is -2.43. The molecule has 20 heavy (non-hydrogen) atoms. The van der Waals surface area contributed by atoms with Gasteiger partial charge in [-0.3, -0.25) is 0 Å². The maximum Gasteiger partial charge on any atom is 0.120 e. The molecule has 1 aromatic heterocycles. The van der Waals surface area contributed by atoms with Gasteiger partial charge < -0.3 is 9.88 Å². The fraction of sp³-hybridized carbons (Fsp3) is 0.200. The molecule has 4 nitrogen and oxygen atoms in total. The van der Waals surface area contributed by atoms with Crippen LogP contribution in [0.4, 0.5) is 5.69 Å². The Kier molecular flexibility index (Phi) is 3.98. The number of benzene rings is 1. The molecule has 0 aliphatic rings. The van der Waals surface area contributed by atoms with E-state index in [2.05, 4.69) is 11.4 Å². The van der Waals surface area contributed by atoms with E-state index < -0.39 is 0 Å². The Morgan fingerprint density at radius 3 is 2.60 bits per heavy atom. The zero-order valence-corrected chi connectivity index (χ0v) is 12.0. The number of hydrogen-bond donors (Lipinski definition) is 1. The molecule has 5 heteroatoms.